The van der Waals surface area contributed by atoms with Crippen LogP contribution in [0.25, 0.3) is 0 Å². The molecule has 1 fully saturated rings. The molecule has 2 aliphatic rings. The number of hydrogen-bond acceptors (Lipinski definition) is 10. The van der Waals surface area contributed by atoms with Gasteiger partial charge in [0.15, 0.2) is 5.82 Å². The Bertz CT molecular complexity index is 2000. The average molecular weight is 800 g/mol. The highest BCUT2D eigenvalue weighted by Crippen LogP contribution is 2.30. The van der Waals surface area contributed by atoms with Crippen molar-refractivity contribution in [2.75, 3.05) is 29.0 Å². The van der Waals surface area contributed by atoms with Crippen LogP contribution in [0.1, 0.15) is 40.9 Å². The summed E-state index contributed by atoms with van der Waals surface area (Å²) in [5.74, 6) is -4.46. The topological polar surface area (TPSA) is 205 Å². The van der Waals surface area contributed by atoms with E-state index in [0.717, 1.165) is 47.5 Å². The lowest BCUT2D eigenvalue weighted by molar-refractivity contribution is -0.193. The van der Waals surface area contributed by atoms with Crippen LogP contribution in [0.15, 0.2) is 55.4 Å². The Morgan fingerprint density at radius 1 is 0.891 bits per heavy atom. The van der Waals surface area contributed by atoms with Gasteiger partial charge in [-0.25, -0.2) is 19.6 Å². The third-order valence-corrected chi connectivity index (χ3v) is 8.29. The second kappa shape index (κ2) is 17.9. The van der Waals surface area contributed by atoms with Crippen molar-refractivity contribution in [1.29, 1.82) is 0 Å². The van der Waals surface area contributed by atoms with E-state index < -0.39 is 24.3 Å². The van der Waals surface area contributed by atoms with Gasteiger partial charge in [0.05, 0.1) is 30.6 Å². The molecule has 2 amide bonds. The first-order valence-corrected chi connectivity index (χ1v) is 16.5. The van der Waals surface area contributed by atoms with E-state index in [4.69, 9.17) is 31.4 Å². The number of carboxylic acid groups (broad SMARTS) is 2. The maximum absolute atomic E-state index is 13.2. The summed E-state index contributed by atoms with van der Waals surface area (Å²) in [5.41, 5.74) is 4.97. The van der Waals surface area contributed by atoms with Gasteiger partial charge in [-0.05, 0) is 67.0 Å². The number of benzene rings is 1. The predicted molar refractivity (Wildman–Crippen MR) is 184 cm³/mol. The summed E-state index contributed by atoms with van der Waals surface area (Å²) in [6, 6.07) is 7.84. The number of aromatic nitrogens is 5. The van der Waals surface area contributed by atoms with Gasteiger partial charge in [-0.15, -0.1) is 0 Å². The van der Waals surface area contributed by atoms with Crippen molar-refractivity contribution in [1.82, 2.24) is 29.4 Å². The second-order valence-electron chi connectivity index (χ2n) is 12.1. The van der Waals surface area contributed by atoms with Gasteiger partial charge in [0.1, 0.15) is 10.7 Å². The van der Waals surface area contributed by atoms with Crippen LogP contribution in [-0.2, 0) is 34.3 Å². The molecule has 6 bridgehead atoms. The number of piperidine rings is 1. The van der Waals surface area contributed by atoms with Crippen LogP contribution in [0.3, 0.4) is 0 Å². The van der Waals surface area contributed by atoms with Crippen molar-refractivity contribution in [3.8, 4) is 0 Å². The summed E-state index contributed by atoms with van der Waals surface area (Å²) in [7, 11) is 1.82. The number of pyridine rings is 1. The predicted octanol–water partition coefficient (Wildman–Crippen LogP) is 5.99. The summed E-state index contributed by atoms with van der Waals surface area (Å²) in [5, 5.41) is 24.3. The Hall–Kier alpha value is -5.99. The first kappa shape index (κ1) is 41.8. The number of amides is 2. The van der Waals surface area contributed by atoms with Crippen LogP contribution in [0.4, 0.5) is 55.2 Å². The number of likely N-dealkylation sites (tertiary alicyclic amines) is 1. The maximum atomic E-state index is 13.2. The van der Waals surface area contributed by atoms with E-state index >= 15 is 0 Å². The van der Waals surface area contributed by atoms with Crippen molar-refractivity contribution in [2.45, 2.75) is 44.5 Å². The highest BCUT2D eigenvalue weighted by molar-refractivity contribution is 6.32. The number of carbonyl (C=O) groups excluding carboxylic acids is 2. The monoisotopic (exact) mass is 799 g/mol. The van der Waals surface area contributed by atoms with Crippen molar-refractivity contribution in [3.05, 3.63) is 77.2 Å². The Kier molecular flexibility index (Phi) is 13.6. The van der Waals surface area contributed by atoms with Crippen LogP contribution < -0.4 is 16.0 Å². The lowest BCUT2D eigenvalue weighted by Crippen LogP contribution is -2.39. The number of rotatable bonds is 4. The highest BCUT2D eigenvalue weighted by Gasteiger charge is 2.39. The van der Waals surface area contributed by atoms with Gasteiger partial charge >= 0.3 is 24.3 Å². The van der Waals surface area contributed by atoms with Crippen LogP contribution >= 0.6 is 11.6 Å². The molecule has 1 aromatic carbocycles. The van der Waals surface area contributed by atoms with Gasteiger partial charge in [0.25, 0.3) is 5.91 Å². The number of alkyl halides is 6. The number of hydrogen-bond donors (Lipinski definition) is 5. The molecule has 0 aliphatic carbocycles. The van der Waals surface area contributed by atoms with Gasteiger partial charge in [0, 0.05) is 44.1 Å². The molecule has 6 rings (SSSR count). The summed E-state index contributed by atoms with van der Waals surface area (Å²) in [4.78, 5) is 62.8. The minimum Gasteiger partial charge on any atom is -0.475 e. The summed E-state index contributed by atoms with van der Waals surface area (Å²) in [6.45, 7) is 1.26. The molecular weight excluding hydrogens is 768 g/mol. The first-order chi connectivity index (χ1) is 25.8. The van der Waals surface area contributed by atoms with Crippen molar-refractivity contribution >= 4 is 64.2 Å². The number of aliphatic carboxylic acids is 2. The number of nitrogens with zero attached hydrogens (tertiary/aromatic N) is 6. The van der Waals surface area contributed by atoms with Crippen molar-refractivity contribution in [2.24, 2.45) is 13.0 Å². The molecule has 0 saturated carbocycles. The zero-order valence-electron chi connectivity index (χ0n) is 28.6. The minimum absolute atomic E-state index is 0.0161. The van der Waals surface area contributed by atoms with Gasteiger partial charge in [-0.2, -0.15) is 31.3 Å². The summed E-state index contributed by atoms with van der Waals surface area (Å²) >= 11 is 6.37. The molecular formula is C33H32ClF6N9O6. The number of fused-ring (bicyclic) bond motifs is 6. The molecule has 55 heavy (non-hydrogen) atoms. The van der Waals surface area contributed by atoms with E-state index in [1.54, 1.807) is 29.5 Å². The fourth-order valence-corrected chi connectivity index (χ4v) is 5.42. The minimum atomic E-state index is -5.08. The first-order valence-electron chi connectivity index (χ1n) is 16.1. The van der Waals surface area contributed by atoms with E-state index in [2.05, 4.69) is 35.9 Å². The standard InChI is InChI=1S/C29H30ClN9O2.2C2HF3O2/c1-38-17-32-16-25(38)28(41)39-8-6-18(7-9-39)11-26(40)36-24-5-4-21-12-20(24)3-2-19-10-22(14-31-13-19)35-29-33-15-23(30)27(34-21)37-29;2*3-2(4,5)1(6)7/h4-5,10,12-18H,2-3,6-9,11H2,1H3,(H,36,40)(H2,33,34,35,37);2*(H,6,7). The maximum Gasteiger partial charge on any atom is 0.490 e. The van der Waals surface area contributed by atoms with Crippen LogP contribution in [0.5, 0.6) is 0 Å². The van der Waals surface area contributed by atoms with E-state index in [0.29, 0.717) is 48.4 Å². The number of carbonyl (C=O) groups is 4. The molecule has 22 heteroatoms. The van der Waals surface area contributed by atoms with Crippen LogP contribution in [0, 0.1) is 5.92 Å². The normalized spacial score (nSPS) is 14.1. The lowest BCUT2D eigenvalue weighted by Gasteiger charge is -2.31. The molecule has 0 unspecified atom stereocenters. The number of nitrogens with one attached hydrogen (secondary N) is 3. The molecule has 5 N–H and O–H groups in total. The highest BCUT2D eigenvalue weighted by atomic mass is 35.5. The zero-order chi connectivity index (χ0) is 40.5. The Balaban J connectivity index is 0.000000410. The third kappa shape index (κ3) is 12.3. The van der Waals surface area contributed by atoms with Gasteiger partial charge in [0.2, 0.25) is 11.9 Å². The molecule has 0 atom stereocenters. The fourth-order valence-electron chi connectivity index (χ4n) is 5.28. The Morgan fingerprint density at radius 2 is 1.55 bits per heavy atom. The van der Waals surface area contributed by atoms with E-state index in [1.165, 1.54) is 0 Å². The SMILES string of the molecule is Cn1cncc1C(=O)N1CCC(CC(=O)Nc2ccc3cc2CCc2cncc(c2)Nc2ncc(Cl)c(n2)N3)CC1.O=C(O)C(F)(F)F.O=C(O)C(F)(F)F. The lowest BCUT2D eigenvalue weighted by atomic mass is 9.93. The molecule has 3 aromatic heterocycles. The largest absolute Gasteiger partial charge is 0.490 e. The smallest absolute Gasteiger partial charge is 0.475 e. The fraction of sp³-hybridized carbons (Fsp3) is 0.333. The van der Waals surface area contributed by atoms with Crippen LogP contribution in [0.2, 0.25) is 5.02 Å². The molecule has 5 heterocycles. The van der Waals surface area contributed by atoms with Crippen molar-refractivity contribution in [3.63, 3.8) is 0 Å². The number of halogens is 7. The zero-order valence-corrected chi connectivity index (χ0v) is 29.3. The Labute approximate surface area is 312 Å². The molecule has 15 nitrogen and oxygen atoms in total. The molecule has 294 valence electrons. The van der Waals surface area contributed by atoms with Gasteiger partial charge in [-0.3, -0.25) is 14.6 Å². The summed E-state index contributed by atoms with van der Waals surface area (Å²) in [6.07, 6.45) is 1.57. The van der Waals surface area contributed by atoms with E-state index in [9.17, 15) is 35.9 Å². The summed E-state index contributed by atoms with van der Waals surface area (Å²) < 4.78 is 65.2. The molecule has 2 aliphatic heterocycles. The average Bonchev–Trinajstić information content (AvgIpc) is 3.55. The number of anilines is 5. The van der Waals surface area contributed by atoms with Gasteiger partial charge < -0.3 is 35.6 Å². The van der Waals surface area contributed by atoms with Crippen LogP contribution in [-0.4, -0.2) is 88.8 Å². The third-order valence-electron chi connectivity index (χ3n) is 8.02. The van der Waals surface area contributed by atoms with Crippen molar-refractivity contribution < 1.29 is 55.7 Å². The molecule has 4 aromatic rings. The van der Waals surface area contributed by atoms with Gasteiger partial charge in [-0.1, -0.05) is 11.6 Å². The second-order valence-corrected chi connectivity index (χ2v) is 12.5. The number of carboxylic acids is 2. The molecule has 0 spiro atoms. The number of aryl methyl sites for hydroxylation is 3. The van der Waals surface area contributed by atoms with E-state index in [1.807, 2.05) is 42.4 Å². The number of imidazole rings is 1. The molecule has 0 radical (unpaired) electrons. The molecule has 1 saturated heterocycles. The van der Waals surface area contributed by atoms with E-state index in [-0.39, 0.29) is 17.7 Å². The Morgan fingerprint density at radius 3 is 2.15 bits per heavy atom. The quantitative estimate of drug-likeness (QED) is 0.151.